The predicted molar refractivity (Wildman–Crippen MR) is 60.9 cm³/mol. The van der Waals surface area contributed by atoms with Gasteiger partial charge in [-0.05, 0) is 26.0 Å². The number of nitrogens with one attached hydrogen (secondary N) is 1. The summed E-state index contributed by atoms with van der Waals surface area (Å²) in [6, 6.07) is 8.20. The number of hydrogen-bond donors (Lipinski definition) is 1. The minimum absolute atomic E-state index is 0.931. The zero-order valence-corrected chi connectivity index (χ0v) is 8.70. The molecule has 3 nitrogen and oxygen atoms in total. The van der Waals surface area contributed by atoms with E-state index in [0.29, 0.717) is 0 Å². The molecule has 2 heterocycles. The molecule has 3 heteroatoms. The Balaban J connectivity index is 2.56. The molecule has 0 radical (unpaired) electrons. The van der Waals surface area contributed by atoms with Crippen LogP contribution in [0.2, 0.25) is 0 Å². The summed E-state index contributed by atoms with van der Waals surface area (Å²) in [4.78, 5) is 12.2. The summed E-state index contributed by atoms with van der Waals surface area (Å²) in [7, 11) is 0. The Labute approximate surface area is 87.2 Å². The van der Waals surface area contributed by atoms with E-state index < -0.39 is 0 Å². The normalized spacial score (nSPS) is 11.3. The number of aryl methyl sites for hydroxylation is 2. The molecule has 0 amide bonds. The molecule has 0 unspecified atom stereocenters. The first-order chi connectivity index (χ1) is 7.24. The lowest BCUT2D eigenvalue weighted by Crippen LogP contribution is -1.84. The van der Waals surface area contributed by atoms with Gasteiger partial charge in [0.1, 0.15) is 5.82 Å². The number of fused-ring (bicyclic) bond motifs is 3. The van der Waals surface area contributed by atoms with Crippen molar-refractivity contribution in [3.05, 3.63) is 35.8 Å². The smallest absolute Gasteiger partial charge is 0.104 e. The Morgan fingerprint density at radius 1 is 1.00 bits per heavy atom. The molecule has 0 saturated heterocycles. The number of benzene rings is 1. The molecule has 0 bridgehead atoms. The van der Waals surface area contributed by atoms with Crippen LogP contribution in [0.25, 0.3) is 21.9 Å². The summed E-state index contributed by atoms with van der Waals surface area (Å²) in [5, 5.41) is 1.15. The van der Waals surface area contributed by atoms with Crippen LogP contribution < -0.4 is 0 Å². The summed E-state index contributed by atoms with van der Waals surface area (Å²) in [5.74, 6) is 0.931. The fraction of sp³-hybridized carbons (Fsp3) is 0.167. The minimum atomic E-state index is 0.931. The van der Waals surface area contributed by atoms with Gasteiger partial charge in [-0.15, -0.1) is 0 Å². The predicted octanol–water partition coefficient (Wildman–Crippen LogP) is 2.73. The minimum Gasteiger partial charge on any atom is -0.340 e. The SMILES string of the molecule is Cc1ccc2ccc3nc(C)[nH]c3c2n1. The van der Waals surface area contributed by atoms with Gasteiger partial charge < -0.3 is 4.98 Å². The molecular formula is C12H11N3. The van der Waals surface area contributed by atoms with Gasteiger partial charge in [0.15, 0.2) is 0 Å². The molecule has 3 rings (SSSR count). The third-order valence-corrected chi connectivity index (χ3v) is 2.57. The number of nitrogens with zero attached hydrogens (tertiary/aromatic N) is 2. The van der Waals surface area contributed by atoms with Gasteiger partial charge in [0.2, 0.25) is 0 Å². The van der Waals surface area contributed by atoms with E-state index in [1.54, 1.807) is 0 Å². The number of imidazole rings is 1. The highest BCUT2D eigenvalue weighted by Crippen LogP contribution is 2.21. The van der Waals surface area contributed by atoms with Gasteiger partial charge in [0, 0.05) is 11.1 Å². The largest absolute Gasteiger partial charge is 0.340 e. The van der Waals surface area contributed by atoms with Gasteiger partial charge in [-0.3, -0.25) is 4.98 Å². The highest BCUT2D eigenvalue weighted by Gasteiger charge is 2.05. The van der Waals surface area contributed by atoms with E-state index in [1.165, 1.54) is 0 Å². The molecule has 0 aliphatic carbocycles. The number of aromatic nitrogens is 3. The maximum absolute atomic E-state index is 4.55. The summed E-state index contributed by atoms with van der Waals surface area (Å²) in [5.41, 5.74) is 4.06. The molecular weight excluding hydrogens is 186 g/mol. The molecule has 1 aromatic carbocycles. The van der Waals surface area contributed by atoms with E-state index in [0.717, 1.165) is 33.5 Å². The molecule has 0 aliphatic heterocycles. The van der Waals surface area contributed by atoms with Gasteiger partial charge in [-0.1, -0.05) is 12.1 Å². The van der Waals surface area contributed by atoms with E-state index in [9.17, 15) is 0 Å². The maximum atomic E-state index is 4.55. The quantitative estimate of drug-likeness (QED) is 0.602. The lowest BCUT2D eigenvalue weighted by atomic mass is 10.2. The number of aromatic amines is 1. The molecule has 74 valence electrons. The zero-order valence-electron chi connectivity index (χ0n) is 8.70. The average Bonchev–Trinajstić information content (AvgIpc) is 2.58. The van der Waals surface area contributed by atoms with Crippen LogP contribution in [0, 0.1) is 13.8 Å². The lowest BCUT2D eigenvalue weighted by molar-refractivity contribution is 1.17. The van der Waals surface area contributed by atoms with Crippen molar-refractivity contribution < 1.29 is 0 Å². The first-order valence-electron chi connectivity index (χ1n) is 4.97. The molecule has 1 N–H and O–H groups in total. The number of rotatable bonds is 0. The number of pyridine rings is 1. The first-order valence-corrected chi connectivity index (χ1v) is 4.97. The van der Waals surface area contributed by atoms with Crippen molar-refractivity contribution in [1.82, 2.24) is 15.0 Å². The van der Waals surface area contributed by atoms with Gasteiger partial charge in [-0.2, -0.15) is 0 Å². The van der Waals surface area contributed by atoms with Crippen LogP contribution in [0.15, 0.2) is 24.3 Å². The second-order valence-corrected chi connectivity index (χ2v) is 3.81. The fourth-order valence-electron chi connectivity index (χ4n) is 1.88. The molecule has 15 heavy (non-hydrogen) atoms. The Kier molecular flexibility index (Phi) is 1.57. The average molecular weight is 197 g/mol. The molecule has 0 spiro atoms. The van der Waals surface area contributed by atoms with Crippen molar-refractivity contribution in [1.29, 1.82) is 0 Å². The zero-order chi connectivity index (χ0) is 10.4. The molecule has 0 saturated carbocycles. The Morgan fingerprint density at radius 2 is 1.80 bits per heavy atom. The van der Waals surface area contributed by atoms with Gasteiger partial charge in [0.25, 0.3) is 0 Å². The summed E-state index contributed by atoms with van der Waals surface area (Å²) >= 11 is 0. The lowest BCUT2D eigenvalue weighted by Gasteiger charge is -1.99. The maximum Gasteiger partial charge on any atom is 0.104 e. The molecule has 2 aromatic heterocycles. The highest BCUT2D eigenvalue weighted by atomic mass is 14.9. The van der Waals surface area contributed by atoms with Crippen molar-refractivity contribution in [3.63, 3.8) is 0 Å². The topological polar surface area (TPSA) is 41.6 Å². The second-order valence-electron chi connectivity index (χ2n) is 3.81. The highest BCUT2D eigenvalue weighted by molar-refractivity contribution is 6.01. The molecule has 0 atom stereocenters. The number of hydrogen-bond acceptors (Lipinski definition) is 2. The van der Waals surface area contributed by atoms with Crippen molar-refractivity contribution in [2.24, 2.45) is 0 Å². The monoisotopic (exact) mass is 197 g/mol. The van der Waals surface area contributed by atoms with Crippen LogP contribution >= 0.6 is 0 Å². The Morgan fingerprint density at radius 3 is 2.67 bits per heavy atom. The first kappa shape index (κ1) is 8.41. The molecule has 3 aromatic rings. The Hall–Kier alpha value is -1.90. The van der Waals surface area contributed by atoms with Crippen LogP contribution in [-0.4, -0.2) is 15.0 Å². The van der Waals surface area contributed by atoms with Crippen LogP contribution in [-0.2, 0) is 0 Å². The summed E-state index contributed by atoms with van der Waals surface area (Å²) in [6.07, 6.45) is 0. The van der Waals surface area contributed by atoms with Crippen molar-refractivity contribution in [2.75, 3.05) is 0 Å². The van der Waals surface area contributed by atoms with E-state index >= 15 is 0 Å². The summed E-state index contributed by atoms with van der Waals surface area (Å²) in [6.45, 7) is 3.96. The Bertz CT molecular complexity index is 652. The van der Waals surface area contributed by atoms with Crippen molar-refractivity contribution >= 4 is 21.9 Å². The van der Waals surface area contributed by atoms with Crippen molar-refractivity contribution in [3.8, 4) is 0 Å². The van der Waals surface area contributed by atoms with Crippen LogP contribution in [0.5, 0.6) is 0 Å². The number of H-pyrrole nitrogens is 1. The van der Waals surface area contributed by atoms with Gasteiger partial charge in [0.05, 0.1) is 16.6 Å². The van der Waals surface area contributed by atoms with E-state index in [-0.39, 0.29) is 0 Å². The standard InChI is InChI=1S/C12H11N3/c1-7-3-4-9-5-6-10-12(11(9)13-7)15-8(2)14-10/h3-6H,1-2H3,(H,14,15). The van der Waals surface area contributed by atoms with Crippen LogP contribution in [0.3, 0.4) is 0 Å². The van der Waals surface area contributed by atoms with Crippen LogP contribution in [0.1, 0.15) is 11.5 Å². The fourth-order valence-corrected chi connectivity index (χ4v) is 1.88. The second kappa shape index (κ2) is 2.79. The van der Waals surface area contributed by atoms with Crippen LogP contribution in [0.4, 0.5) is 0 Å². The van der Waals surface area contributed by atoms with E-state index in [1.807, 2.05) is 26.0 Å². The van der Waals surface area contributed by atoms with Gasteiger partial charge in [-0.25, -0.2) is 4.98 Å². The van der Waals surface area contributed by atoms with Gasteiger partial charge >= 0.3 is 0 Å². The molecule has 0 aliphatic rings. The summed E-state index contributed by atoms with van der Waals surface area (Å²) < 4.78 is 0. The third kappa shape index (κ3) is 1.20. The van der Waals surface area contributed by atoms with E-state index in [4.69, 9.17) is 0 Å². The van der Waals surface area contributed by atoms with E-state index in [2.05, 4.69) is 27.1 Å². The van der Waals surface area contributed by atoms with Crippen molar-refractivity contribution in [2.45, 2.75) is 13.8 Å². The third-order valence-electron chi connectivity index (χ3n) is 2.57. The molecule has 0 fully saturated rings.